The molecule has 0 spiro atoms. The SMILES string of the molecule is Cc1c(C(=O)NCC(C)c2ccccc2)oc2ccc3c(c12)C=CC(C)(C)O3. The Morgan fingerprint density at radius 3 is 2.64 bits per heavy atom. The number of furan rings is 1. The van der Waals surface area contributed by atoms with Crippen molar-refractivity contribution in [3.8, 4) is 5.75 Å². The maximum absolute atomic E-state index is 12.8. The van der Waals surface area contributed by atoms with Gasteiger partial charge >= 0.3 is 0 Å². The van der Waals surface area contributed by atoms with Crippen LogP contribution in [0.1, 0.15) is 53.9 Å². The van der Waals surface area contributed by atoms with Crippen LogP contribution in [0.3, 0.4) is 0 Å². The average molecular weight is 375 g/mol. The predicted octanol–water partition coefficient (Wildman–Crippen LogP) is 5.46. The van der Waals surface area contributed by atoms with Crippen molar-refractivity contribution >= 4 is 23.0 Å². The van der Waals surface area contributed by atoms with E-state index in [1.54, 1.807) is 0 Å². The van der Waals surface area contributed by atoms with Gasteiger partial charge in [-0.05, 0) is 50.5 Å². The Balaban J connectivity index is 1.59. The lowest BCUT2D eigenvalue weighted by Gasteiger charge is -2.28. The summed E-state index contributed by atoms with van der Waals surface area (Å²) >= 11 is 0. The molecule has 144 valence electrons. The Hall–Kier alpha value is -3.01. The number of benzene rings is 2. The second-order valence-corrected chi connectivity index (χ2v) is 7.97. The van der Waals surface area contributed by atoms with Gasteiger partial charge in [0.25, 0.3) is 5.91 Å². The predicted molar refractivity (Wildman–Crippen MR) is 112 cm³/mol. The third kappa shape index (κ3) is 3.31. The number of fused-ring (bicyclic) bond motifs is 3. The number of aryl methyl sites for hydroxylation is 1. The van der Waals surface area contributed by atoms with Crippen molar-refractivity contribution in [2.45, 2.75) is 39.2 Å². The van der Waals surface area contributed by atoms with E-state index in [4.69, 9.17) is 9.15 Å². The fraction of sp³-hybridized carbons (Fsp3) is 0.292. The van der Waals surface area contributed by atoms with Crippen molar-refractivity contribution in [2.24, 2.45) is 0 Å². The lowest BCUT2D eigenvalue weighted by atomic mass is 9.98. The summed E-state index contributed by atoms with van der Waals surface area (Å²) in [7, 11) is 0. The van der Waals surface area contributed by atoms with E-state index >= 15 is 0 Å². The Bertz CT molecular complexity index is 1060. The molecule has 1 aliphatic rings. The quantitative estimate of drug-likeness (QED) is 0.659. The topological polar surface area (TPSA) is 51.5 Å². The smallest absolute Gasteiger partial charge is 0.287 e. The standard InChI is InChI=1S/C24H25NO3/c1-15(17-8-6-5-7-9-17)14-25-23(26)22-16(2)21-18-12-13-24(3,4)28-19(18)10-11-20(21)27-22/h5-13,15H,14H2,1-4H3,(H,25,26). The van der Waals surface area contributed by atoms with Crippen molar-refractivity contribution in [1.29, 1.82) is 0 Å². The molecule has 1 aromatic heterocycles. The van der Waals surface area contributed by atoms with E-state index in [0.29, 0.717) is 17.9 Å². The van der Waals surface area contributed by atoms with Crippen LogP contribution in [0.5, 0.6) is 5.75 Å². The summed E-state index contributed by atoms with van der Waals surface area (Å²) in [5.74, 6) is 1.21. The number of carbonyl (C=O) groups is 1. The first-order valence-electron chi connectivity index (χ1n) is 9.63. The first kappa shape index (κ1) is 18.4. The highest BCUT2D eigenvalue weighted by atomic mass is 16.5. The highest BCUT2D eigenvalue weighted by Gasteiger charge is 2.26. The minimum atomic E-state index is -0.341. The van der Waals surface area contributed by atoms with Crippen LogP contribution in [0.2, 0.25) is 0 Å². The molecule has 4 heteroatoms. The van der Waals surface area contributed by atoms with Gasteiger partial charge in [-0.1, -0.05) is 43.3 Å². The molecule has 0 saturated heterocycles. The zero-order chi connectivity index (χ0) is 19.9. The van der Waals surface area contributed by atoms with Gasteiger partial charge in [0.2, 0.25) is 0 Å². The lowest BCUT2D eigenvalue weighted by Crippen LogP contribution is -2.27. The van der Waals surface area contributed by atoms with Crippen LogP contribution in [-0.2, 0) is 0 Å². The van der Waals surface area contributed by atoms with Crippen molar-refractivity contribution in [1.82, 2.24) is 5.32 Å². The maximum atomic E-state index is 12.8. The number of carbonyl (C=O) groups excluding carboxylic acids is 1. The molecule has 2 heterocycles. The molecular formula is C24H25NO3. The highest BCUT2D eigenvalue weighted by molar-refractivity contribution is 6.02. The molecule has 0 aliphatic carbocycles. The van der Waals surface area contributed by atoms with E-state index < -0.39 is 0 Å². The second kappa shape index (κ2) is 6.86. The van der Waals surface area contributed by atoms with Crippen LogP contribution in [0.4, 0.5) is 0 Å². The summed E-state index contributed by atoms with van der Waals surface area (Å²) in [4.78, 5) is 12.8. The minimum absolute atomic E-state index is 0.189. The molecule has 4 nitrogen and oxygen atoms in total. The van der Waals surface area contributed by atoms with Crippen LogP contribution >= 0.6 is 0 Å². The summed E-state index contributed by atoms with van der Waals surface area (Å²) < 4.78 is 12.0. The molecule has 4 rings (SSSR count). The molecule has 0 radical (unpaired) electrons. The third-order valence-corrected chi connectivity index (χ3v) is 5.26. The van der Waals surface area contributed by atoms with E-state index in [1.165, 1.54) is 5.56 Å². The summed E-state index contributed by atoms with van der Waals surface area (Å²) in [6, 6.07) is 13.9. The summed E-state index contributed by atoms with van der Waals surface area (Å²) in [5.41, 5.74) is 3.36. The van der Waals surface area contributed by atoms with Gasteiger partial charge in [0, 0.05) is 23.1 Å². The number of nitrogens with one attached hydrogen (secondary N) is 1. The number of hydrogen-bond acceptors (Lipinski definition) is 3. The van der Waals surface area contributed by atoms with E-state index in [0.717, 1.165) is 22.3 Å². The molecule has 1 aliphatic heterocycles. The van der Waals surface area contributed by atoms with Gasteiger partial charge in [-0.2, -0.15) is 0 Å². The monoisotopic (exact) mass is 375 g/mol. The highest BCUT2D eigenvalue weighted by Crippen LogP contribution is 2.39. The minimum Gasteiger partial charge on any atom is -0.483 e. The number of ether oxygens (including phenoxy) is 1. The van der Waals surface area contributed by atoms with Crippen LogP contribution in [0, 0.1) is 6.92 Å². The molecule has 28 heavy (non-hydrogen) atoms. The fourth-order valence-corrected chi connectivity index (χ4v) is 3.65. The van der Waals surface area contributed by atoms with Crippen molar-refractivity contribution in [2.75, 3.05) is 6.54 Å². The zero-order valence-corrected chi connectivity index (χ0v) is 16.7. The molecule has 1 amide bonds. The second-order valence-electron chi connectivity index (χ2n) is 7.97. The van der Waals surface area contributed by atoms with Gasteiger partial charge in [-0.25, -0.2) is 0 Å². The molecule has 0 fully saturated rings. The molecule has 0 bridgehead atoms. The summed E-state index contributed by atoms with van der Waals surface area (Å²) in [5, 5.41) is 3.95. The van der Waals surface area contributed by atoms with Gasteiger partial charge in [-0.15, -0.1) is 0 Å². The summed E-state index contributed by atoms with van der Waals surface area (Å²) in [6.07, 6.45) is 4.09. The van der Waals surface area contributed by atoms with E-state index in [-0.39, 0.29) is 17.4 Å². The maximum Gasteiger partial charge on any atom is 0.287 e. The summed E-state index contributed by atoms with van der Waals surface area (Å²) in [6.45, 7) is 8.61. The van der Waals surface area contributed by atoms with E-state index in [2.05, 4.69) is 30.4 Å². The number of rotatable bonds is 4. The Kier molecular flexibility index (Phi) is 4.50. The van der Waals surface area contributed by atoms with Gasteiger partial charge in [0.15, 0.2) is 5.76 Å². The zero-order valence-electron chi connectivity index (χ0n) is 16.7. The van der Waals surface area contributed by atoms with Crippen molar-refractivity contribution in [3.63, 3.8) is 0 Å². The normalized spacial score (nSPS) is 15.7. The van der Waals surface area contributed by atoms with Gasteiger partial charge in [0.05, 0.1) is 0 Å². The Labute approximate surface area is 165 Å². The first-order chi connectivity index (χ1) is 13.4. The lowest BCUT2D eigenvalue weighted by molar-refractivity contribution is 0.0925. The number of hydrogen-bond donors (Lipinski definition) is 1. The van der Waals surface area contributed by atoms with E-state index in [9.17, 15) is 4.79 Å². The molecule has 3 aromatic rings. The average Bonchev–Trinajstić information content (AvgIpc) is 3.02. The van der Waals surface area contributed by atoms with Gasteiger partial charge in [-0.3, -0.25) is 4.79 Å². The van der Waals surface area contributed by atoms with Gasteiger partial charge in [0.1, 0.15) is 16.9 Å². The van der Waals surface area contributed by atoms with Gasteiger partial charge < -0.3 is 14.5 Å². The van der Waals surface area contributed by atoms with E-state index in [1.807, 2.05) is 57.2 Å². The van der Waals surface area contributed by atoms with Crippen LogP contribution in [-0.4, -0.2) is 18.1 Å². The molecule has 1 atom stereocenters. The Morgan fingerprint density at radius 2 is 1.89 bits per heavy atom. The molecule has 2 aromatic carbocycles. The number of amides is 1. The van der Waals surface area contributed by atoms with Crippen molar-refractivity contribution in [3.05, 3.63) is 71.0 Å². The first-order valence-corrected chi connectivity index (χ1v) is 9.63. The Morgan fingerprint density at radius 1 is 1.14 bits per heavy atom. The third-order valence-electron chi connectivity index (χ3n) is 5.26. The van der Waals surface area contributed by atoms with Crippen LogP contribution < -0.4 is 10.1 Å². The van der Waals surface area contributed by atoms with Crippen LogP contribution in [0.25, 0.3) is 17.0 Å². The van der Waals surface area contributed by atoms with Crippen LogP contribution in [0.15, 0.2) is 53.0 Å². The largest absolute Gasteiger partial charge is 0.483 e. The fourth-order valence-electron chi connectivity index (χ4n) is 3.65. The molecule has 0 saturated carbocycles. The molecular weight excluding hydrogens is 350 g/mol. The molecule has 1 unspecified atom stereocenters. The molecule has 1 N–H and O–H groups in total. The van der Waals surface area contributed by atoms with Crippen molar-refractivity contribution < 1.29 is 13.9 Å².